The van der Waals surface area contributed by atoms with Crippen LogP contribution in [0.2, 0.25) is 0 Å². The summed E-state index contributed by atoms with van der Waals surface area (Å²) in [7, 11) is -3.24. The van der Waals surface area contributed by atoms with Crippen molar-refractivity contribution in [2.24, 2.45) is 0 Å². The molecule has 0 saturated carbocycles. The third-order valence-electron chi connectivity index (χ3n) is 2.18. The zero-order valence-electron chi connectivity index (χ0n) is 13.4. The predicted octanol–water partition coefficient (Wildman–Crippen LogP) is 5.98. The van der Waals surface area contributed by atoms with E-state index in [2.05, 4.69) is 13.5 Å². The lowest BCUT2D eigenvalue weighted by Gasteiger charge is -2.24. The highest BCUT2D eigenvalue weighted by molar-refractivity contribution is 8.10. The molecule has 5 heteroatoms. The summed E-state index contributed by atoms with van der Waals surface area (Å²) in [5.41, 5.74) is 0. The van der Waals surface area contributed by atoms with Crippen LogP contribution in [0.4, 0.5) is 0 Å². The van der Waals surface area contributed by atoms with Crippen molar-refractivity contribution in [2.45, 2.75) is 66.1 Å². The Bertz CT molecular complexity index is 337. The number of allylic oxidation sites excluding steroid dienone is 2. The van der Waals surface area contributed by atoms with Crippen LogP contribution in [-0.2, 0) is 13.6 Å². The lowest BCUT2D eigenvalue weighted by molar-refractivity contribution is 0.148. The SMILES string of the molecule is C=CC/C=C(\SCCCC)P(=O)(OC(C)C)OC(C)C. The first-order valence-electron chi connectivity index (χ1n) is 7.27. The molecule has 0 aliphatic carbocycles. The molecular weight excluding hydrogens is 291 g/mol. The molecule has 0 radical (unpaired) electrons. The Morgan fingerprint density at radius 2 is 1.80 bits per heavy atom. The van der Waals surface area contributed by atoms with Crippen molar-refractivity contribution in [3.8, 4) is 0 Å². The Balaban J connectivity index is 5.16. The molecule has 20 heavy (non-hydrogen) atoms. The molecule has 0 unspecified atom stereocenters. The summed E-state index contributed by atoms with van der Waals surface area (Å²) in [4.78, 5) is 0. The quantitative estimate of drug-likeness (QED) is 0.266. The van der Waals surface area contributed by atoms with Crippen LogP contribution >= 0.6 is 19.4 Å². The lowest BCUT2D eigenvalue weighted by Crippen LogP contribution is -2.09. The average molecular weight is 320 g/mol. The van der Waals surface area contributed by atoms with E-state index in [1.54, 1.807) is 17.8 Å². The Morgan fingerprint density at radius 3 is 2.20 bits per heavy atom. The van der Waals surface area contributed by atoms with Gasteiger partial charge in [-0.3, -0.25) is 4.57 Å². The van der Waals surface area contributed by atoms with E-state index in [0.717, 1.165) is 18.6 Å². The Labute approximate surface area is 128 Å². The van der Waals surface area contributed by atoms with E-state index >= 15 is 0 Å². The summed E-state index contributed by atoms with van der Waals surface area (Å²) < 4.78 is 25.1. The van der Waals surface area contributed by atoms with E-state index in [-0.39, 0.29) is 12.2 Å². The zero-order valence-corrected chi connectivity index (χ0v) is 15.1. The fraction of sp³-hybridized carbons (Fsp3) is 0.733. The van der Waals surface area contributed by atoms with Crippen molar-refractivity contribution in [1.29, 1.82) is 0 Å². The van der Waals surface area contributed by atoms with Crippen molar-refractivity contribution in [1.82, 2.24) is 0 Å². The molecule has 0 amide bonds. The Kier molecular flexibility index (Phi) is 10.7. The largest absolute Gasteiger partial charge is 0.367 e. The van der Waals surface area contributed by atoms with Crippen LogP contribution in [0, 0.1) is 0 Å². The molecule has 0 saturated heterocycles. The molecule has 0 aromatic rings. The van der Waals surface area contributed by atoms with E-state index < -0.39 is 7.60 Å². The standard InChI is InChI=1S/C15H29O3PS/c1-7-9-11-15(20-12-10-8-2)19(16,17-13(3)4)18-14(5)6/h7,11,13-14H,1,8-10,12H2,2-6H3/b15-11-. The second kappa shape index (κ2) is 10.7. The third kappa shape index (κ3) is 8.31. The molecule has 0 fully saturated rings. The monoisotopic (exact) mass is 320 g/mol. The molecular formula is C15H29O3PS. The van der Waals surface area contributed by atoms with E-state index in [4.69, 9.17) is 9.05 Å². The van der Waals surface area contributed by atoms with Crippen LogP contribution in [0.25, 0.3) is 0 Å². The van der Waals surface area contributed by atoms with Crippen molar-refractivity contribution in [3.63, 3.8) is 0 Å². The highest BCUT2D eigenvalue weighted by atomic mass is 32.2. The number of hydrogen-bond acceptors (Lipinski definition) is 4. The fourth-order valence-corrected chi connectivity index (χ4v) is 5.16. The van der Waals surface area contributed by atoms with Gasteiger partial charge >= 0.3 is 7.60 Å². The van der Waals surface area contributed by atoms with Crippen LogP contribution in [0.15, 0.2) is 23.4 Å². The van der Waals surface area contributed by atoms with Gasteiger partial charge in [-0.1, -0.05) is 25.5 Å². The summed E-state index contributed by atoms with van der Waals surface area (Å²) in [6.45, 7) is 13.3. The fourth-order valence-electron chi connectivity index (χ4n) is 1.44. The maximum atomic E-state index is 13.1. The van der Waals surface area contributed by atoms with Crippen molar-refractivity contribution in [3.05, 3.63) is 23.4 Å². The molecule has 118 valence electrons. The molecule has 0 aliphatic heterocycles. The van der Waals surface area contributed by atoms with Crippen LogP contribution in [-0.4, -0.2) is 18.0 Å². The molecule has 3 nitrogen and oxygen atoms in total. The van der Waals surface area contributed by atoms with Gasteiger partial charge in [0.05, 0.1) is 16.9 Å². The Morgan fingerprint density at radius 1 is 1.25 bits per heavy atom. The summed E-state index contributed by atoms with van der Waals surface area (Å²) in [6, 6.07) is 0. The molecule has 0 atom stereocenters. The van der Waals surface area contributed by atoms with E-state index in [1.807, 2.05) is 33.8 Å². The van der Waals surface area contributed by atoms with Gasteiger partial charge in [0.2, 0.25) is 0 Å². The van der Waals surface area contributed by atoms with Crippen molar-refractivity contribution < 1.29 is 13.6 Å². The molecule has 0 aliphatic rings. The number of thioether (sulfide) groups is 1. The van der Waals surface area contributed by atoms with Gasteiger partial charge in [-0.25, -0.2) is 0 Å². The topological polar surface area (TPSA) is 35.5 Å². The van der Waals surface area contributed by atoms with Crippen LogP contribution in [0.3, 0.4) is 0 Å². The summed E-state index contributed by atoms with van der Waals surface area (Å²) in [5, 5.41) is 0. The molecule has 0 aromatic carbocycles. The Hall–Kier alpha value is -0.0200. The van der Waals surface area contributed by atoms with Crippen LogP contribution < -0.4 is 0 Å². The predicted molar refractivity (Wildman–Crippen MR) is 90.3 cm³/mol. The summed E-state index contributed by atoms with van der Waals surface area (Å²) in [6.07, 6.45) is 6.29. The summed E-state index contributed by atoms with van der Waals surface area (Å²) in [5.74, 6) is 0.923. The lowest BCUT2D eigenvalue weighted by atomic mass is 10.4. The summed E-state index contributed by atoms with van der Waals surface area (Å²) >= 11 is 1.58. The van der Waals surface area contributed by atoms with Gasteiger partial charge in [0.1, 0.15) is 0 Å². The van der Waals surface area contributed by atoms with Gasteiger partial charge < -0.3 is 9.05 Å². The van der Waals surface area contributed by atoms with E-state index in [1.165, 1.54) is 0 Å². The van der Waals surface area contributed by atoms with Gasteiger partial charge in [0.25, 0.3) is 0 Å². The van der Waals surface area contributed by atoms with Gasteiger partial charge in [0.15, 0.2) is 0 Å². The minimum absolute atomic E-state index is 0.140. The molecule has 0 aromatic heterocycles. The molecule has 0 spiro atoms. The van der Waals surface area contributed by atoms with Crippen LogP contribution in [0.1, 0.15) is 53.9 Å². The highest BCUT2D eigenvalue weighted by Gasteiger charge is 2.32. The van der Waals surface area contributed by atoms with Gasteiger partial charge in [0, 0.05) is 0 Å². The molecule has 0 rings (SSSR count). The molecule has 0 N–H and O–H groups in total. The zero-order chi connectivity index (χ0) is 15.6. The molecule has 0 bridgehead atoms. The maximum Gasteiger partial charge on any atom is 0.367 e. The van der Waals surface area contributed by atoms with E-state index in [9.17, 15) is 4.57 Å². The second-order valence-corrected chi connectivity index (χ2v) is 8.41. The minimum Gasteiger partial charge on any atom is -0.302 e. The van der Waals surface area contributed by atoms with Crippen molar-refractivity contribution in [2.75, 3.05) is 5.75 Å². The smallest absolute Gasteiger partial charge is 0.302 e. The number of rotatable bonds is 11. The maximum absolute atomic E-state index is 13.1. The first-order valence-corrected chi connectivity index (χ1v) is 9.79. The number of hydrogen-bond donors (Lipinski definition) is 0. The normalized spacial score (nSPS) is 13.2. The van der Waals surface area contributed by atoms with Crippen LogP contribution in [0.5, 0.6) is 0 Å². The first kappa shape index (κ1) is 20.0. The van der Waals surface area contributed by atoms with Gasteiger partial charge in [-0.2, -0.15) is 0 Å². The first-order chi connectivity index (χ1) is 9.35. The van der Waals surface area contributed by atoms with Gasteiger partial charge in [-0.05, 0) is 46.3 Å². The third-order valence-corrected chi connectivity index (χ3v) is 6.31. The second-order valence-electron chi connectivity index (χ2n) is 5.07. The average Bonchev–Trinajstić information content (AvgIpc) is 2.31. The highest BCUT2D eigenvalue weighted by Crippen LogP contribution is 2.62. The van der Waals surface area contributed by atoms with E-state index in [0.29, 0.717) is 11.1 Å². The minimum atomic E-state index is -3.24. The van der Waals surface area contributed by atoms with Gasteiger partial charge in [-0.15, -0.1) is 18.3 Å². The van der Waals surface area contributed by atoms with Crippen molar-refractivity contribution >= 4 is 19.4 Å². The molecule has 0 heterocycles. The number of unbranched alkanes of at least 4 members (excludes halogenated alkanes) is 1.